The van der Waals surface area contributed by atoms with Crippen LogP contribution in [0.5, 0.6) is 0 Å². The van der Waals surface area contributed by atoms with E-state index in [1.807, 2.05) is 60.7 Å². The van der Waals surface area contributed by atoms with Crippen molar-refractivity contribution in [2.24, 2.45) is 0 Å². The third kappa shape index (κ3) is 4.26. The van der Waals surface area contributed by atoms with Crippen LogP contribution in [0.2, 0.25) is 0 Å². The number of fused-ring (bicyclic) bond motifs is 2. The quantitative estimate of drug-likeness (QED) is 0.315. The summed E-state index contributed by atoms with van der Waals surface area (Å²) in [4.78, 5) is 34.3. The molecule has 28 heavy (non-hydrogen) atoms. The Labute approximate surface area is 182 Å². The maximum absolute atomic E-state index is 12.4. The summed E-state index contributed by atoms with van der Waals surface area (Å²) in [6.07, 6.45) is 0. The van der Waals surface area contributed by atoms with E-state index in [0.29, 0.717) is 11.1 Å². The molecule has 0 unspecified atom stereocenters. The van der Waals surface area contributed by atoms with E-state index in [1.165, 1.54) is 0 Å². The summed E-state index contributed by atoms with van der Waals surface area (Å²) in [6, 6.07) is 25.4. The third-order valence-corrected chi connectivity index (χ3v) is 4.21. The minimum absolute atomic E-state index is 0. The molecule has 4 aromatic carbocycles. The number of carbonyl (C=O) groups is 2. The molecule has 0 atom stereocenters. The van der Waals surface area contributed by atoms with Crippen molar-refractivity contribution < 1.29 is 52.9 Å². The van der Waals surface area contributed by atoms with Gasteiger partial charge >= 0.3 is 11.9 Å². The van der Waals surface area contributed by atoms with Gasteiger partial charge in [0.1, 0.15) is 0 Å². The molecular weight excluding hydrogens is 446 g/mol. The van der Waals surface area contributed by atoms with E-state index in [2.05, 4.69) is 0 Å². The molecule has 0 saturated carbocycles. The van der Waals surface area contributed by atoms with Gasteiger partial charge in [-0.3, -0.25) is 0 Å². The molecule has 0 aliphatic rings. The molecule has 4 nitrogen and oxygen atoms in total. The number of hydrogen-bond acceptors (Lipinski definition) is 4. The van der Waals surface area contributed by atoms with Crippen LogP contribution in [0.3, 0.4) is 0 Å². The Morgan fingerprint density at radius 1 is 0.500 bits per heavy atom. The molecule has 0 N–H and O–H groups in total. The average Bonchev–Trinajstić information content (AvgIpc) is 2.71. The van der Waals surface area contributed by atoms with Crippen molar-refractivity contribution in [3.63, 3.8) is 0 Å². The number of hydrogen-bond donors (Lipinski definition) is 0. The predicted molar refractivity (Wildman–Crippen MR) is 98.7 cm³/mol. The van der Waals surface area contributed by atoms with Gasteiger partial charge < -0.3 is 0 Å². The fourth-order valence-corrected chi connectivity index (χ4v) is 2.97. The van der Waals surface area contributed by atoms with E-state index in [4.69, 9.17) is 9.78 Å². The molecule has 144 valence electrons. The zero-order chi connectivity index (χ0) is 17.9. The first-order chi connectivity index (χ1) is 12.7. The van der Waals surface area contributed by atoms with Gasteiger partial charge in [-0.1, -0.05) is 72.8 Å². The monoisotopic (exact) mass is 460 g/mol. The summed E-state index contributed by atoms with van der Waals surface area (Å²) in [5.74, 6) is -1.43. The first kappa shape index (κ1) is 21.7. The van der Waals surface area contributed by atoms with E-state index in [1.54, 1.807) is 24.3 Å². The van der Waals surface area contributed by atoms with Crippen LogP contribution in [0.4, 0.5) is 0 Å². The van der Waals surface area contributed by atoms with Gasteiger partial charge in [0.25, 0.3) is 0 Å². The van der Waals surface area contributed by atoms with Gasteiger partial charge in [0.15, 0.2) is 0 Å². The molecule has 0 amide bonds. The van der Waals surface area contributed by atoms with Gasteiger partial charge in [0.05, 0.1) is 11.1 Å². The molecular formula is C22H14Co2O4. The van der Waals surface area contributed by atoms with Gasteiger partial charge in [-0.15, -0.1) is 0 Å². The van der Waals surface area contributed by atoms with Gasteiger partial charge in [-0.05, 0) is 33.7 Å². The second kappa shape index (κ2) is 9.52. The Balaban J connectivity index is 0.00000140. The first-order valence-electron chi connectivity index (χ1n) is 8.13. The fraction of sp³-hybridized carbons (Fsp3) is 0. The zero-order valence-electron chi connectivity index (χ0n) is 14.4. The number of carbonyl (C=O) groups excluding carboxylic acids is 2. The molecule has 2 radical (unpaired) electrons. The van der Waals surface area contributed by atoms with Gasteiger partial charge in [-0.2, -0.15) is 0 Å². The van der Waals surface area contributed by atoms with Crippen LogP contribution in [0, 0.1) is 0 Å². The van der Waals surface area contributed by atoms with Crippen LogP contribution in [-0.2, 0) is 43.3 Å². The molecule has 0 fully saturated rings. The Hall–Kier alpha value is -2.65. The second-order valence-electron chi connectivity index (χ2n) is 5.79. The molecule has 4 aromatic rings. The van der Waals surface area contributed by atoms with E-state index < -0.39 is 11.9 Å². The van der Waals surface area contributed by atoms with Crippen LogP contribution in [0.15, 0.2) is 84.9 Å². The molecule has 0 aromatic heterocycles. The first-order valence-corrected chi connectivity index (χ1v) is 8.13. The Kier molecular flexibility index (Phi) is 7.36. The molecule has 6 heteroatoms. The summed E-state index contributed by atoms with van der Waals surface area (Å²) in [5, 5.41) is 3.28. The number of rotatable bonds is 2. The van der Waals surface area contributed by atoms with E-state index >= 15 is 0 Å². The van der Waals surface area contributed by atoms with Gasteiger partial charge in [0, 0.05) is 33.6 Å². The normalized spacial score (nSPS) is 9.86. The van der Waals surface area contributed by atoms with Crippen molar-refractivity contribution in [1.29, 1.82) is 0 Å². The van der Waals surface area contributed by atoms with Crippen LogP contribution < -0.4 is 0 Å². The van der Waals surface area contributed by atoms with E-state index in [9.17, 15) is 9.59 Å². The minimum Gasteiger partial charge on any atom is -0.241 e. The number of benzene rings is 4. The summed E-state index contributed by atoms with van der Waals surface area (Å²) in [6.45, 7) is 0. The smallest absolute Gasteiger partial charge is 0.241 e. The maximum Gasteiger partial charge on any atom is 0.386 e. The Bertz CT molecular complexity index is 1040. The molecule has 4 rings (SSSR count). The van der Waals surface area contributed by atoms with Crippen LogP contribution in [0.1, 0.15) is 20.7 Å². The van der Waals surface area contributed by atoms with Crippen molar-refractivity contribution in [2.45, 2.75) is 0 Å². The van der Waals surface area contributed by atoms with E-state index in [0.717, 1.165) is 21.5 Å². The molecule has 0 heterocycles. The molecule has 0 aliphatic heterocycles. The van der Waals surface area contributed by atoms with Crippen LogP contribution in [-0.4, -0.2) is 11.9 Å². The van der Waals surface area contributed by atoms with E-state index in [-0.39, 0.29) is 33.6 Å². The second-order valence-corrected chi connectivity index (χ2v) is 5.79. The van der Waals surface area contributed by atoms with Crippen molar-refractivity contribution in [1.82, 2.24) is 0 Å². The largest absolute Gasteiger partial charge is 0.386 e. The minimum atomic E-state index is -0.713. The van der Waals surface area contributed by atoms with Crippen molar-refractivity contribution in [2.75, 3.05) is 0 Å². The van der Waals surface area contributed by atoms with Gasteiger partial charge in [0.2, 0.25) is 0 Å². The Morgan fingerprint density at radius 2 is 0.857 bits per heavy atom. The third-order valence-electron chi connectivity index (χ3n) is 4.21. The van der Waals surface area contributed by atoms with Crippen LogP contribution in [0.25, 0.3) is 21.5 Å². The maximum atomic E-state index is 12.4. The molecule has 0 bridgehead atoms. The SMILES string of the molecule is O=C(OOC(=O)c1cccc2ccccc12)c1cccc2ccccc12.[Co].[Co]. The summed E-state index contributed by atoms with van der Waals surface area (Å²) < 4.78 is 0. The van der Waals surface area contributed by atoms with Crippen molar-refractivity contribution in [3.05, 3.63) is 96.1 Å². The van der Waals surface area contributed by atoms with Gasteiger partial charge in [-0.25, -0.2) is 19.4 Å². The molecule has 0 saturated heterocycles. The summed E-state index contributed by atoms with van der Waals surface area (Å²) >= 11 is 0. The zero-order valence-corrected chi connectivity index (χ0v) is 16.5. The van der Waals surface area contributed by atoms with Crippen molar-refractivity contribution >= 4 is 33.5 Å². The van der Waals surface area contributed by atoms with Crippen LogP contribution >= 0.6 is 0 Å². The summed E-state index contributed by atoms with van der Waals surface area (Å²) in [5.41, 5.74) is 0.683. The molecule has 0 aliphatic carbocycles. The average molecular weight is 460 g/mol. The fourth-order valence-electron chi connectivity index (χ4n) is 2.97. The topological polar surface area (TPSA) is 52.6 Å². The Morgan fingerprint density at radius 3 is 1.29 bits per heavy atom. The molecule has 0 spiro atoms. The predicted octanol–water partition coefficient (Wildman–Crippen LogP) is 4.92. The summed E-state index contributed by atoms with van der Waals surface area (Å²) in [7, 11) is 0. The standard InChI is InChI=1S/C22H14O4.2Co/c23-21(19-13-5-9-15-7-1-3-11-17(15)19)25-26-22(24)20-14-6-10-16-8-2-4-12-18(16)20;;/h1-14H;;. The van der Waals surface area contributed by atoms with Crippen molar-refractivity contribution in [3.8, 4) is 0 Å².